The predicted molar refractivity (Wildman–Crippen MR) is 84.1 cm³/mol. The molecular weight excluding hydrogens is 246 g/mol. The van der Waals surface area contributed by atoms with E-state index in [9.17, 15) is 0 Å². The fraction of sp³-hybridized carbons (Fsp3) is 0.333. The molecule has 3 rings (SSSR count). The van der Waals surface area contributed by atoms with Crippen LogP contribution in [-0.2, 0) is 6.42 Å². The predicted octanol–water partition coefficient (Wildman–Crippen LogP) is 5.66. The highest BCUT2D eigenvalue weighted by Gasteiger charge is 2.18. The van der Waals surface area contributed by atoms with Crippen LogP contribution in [0.5, 0.6) is 11.5 Å². The van der Waals surface area contributed by atoms with Crippen molar-refractivity contribution in [2.24, 2.45) is 0 Å². The first-order valence-corrected chi connectivity index (χ1v) is 7.54. The van der Waals surface area contributed by atoms with Gasteiger partial charge < -0.3 is 10.1 Å². The molecule has 1 N–H and O–H groups in total. The summed E-state index contributed by atoms with van der Waals surface area (Å²) in [5, 5.41) is 3.52. The van der Waals surface area contributed by atoms with Gasteiger partial charge in [0.25, 0.3) is 0 Å². The molecule has 0 bridgehead atoms. The molecule has 0 aromatic heterocycles. The topological polar surface area (TPSA) is 21.3 Å². The van der Waals surface area contributed by atoms with E-state index in [1.807, 2.05) is 24.3 Å². The molecule has 0 saturated carbocycles. The Morgan fingerprint density at radius 2 is 1.75 bits per heavy atom. The Hall–Kier alpha value is -1.96. The summed E-state index contributed by atoms with van der Waals surface area (Å²) in [6, 6.07) is 14.4. The maximum atomic E-state index is 5.98. The molecule has 0 aliphatic carbocycles. The van der Waals surface area contributed by atoms with E-state index < -0.39 is 0 Å². The third-order valence-electron chi connectivity index (χ3n) is 3.78. The van der Waals surface area contributed by atoms with Gasteiger partial charge in [0, 0.05) is 0 Å². The van der Waals surface area contributed by atoms with E-state index >= 15 is 0 Å². The molecule has 0 fully saturated rings. The number of unbranched alkanes of at least 4 members (excludes halogenated alkanes) is 3. The Morgan fingerprint density at radius 3 is 2.65 bits per heavy atom. The van der Waals surface area contributed by atoms with Gasteiger partial charge in [-0.3, -0.25) is 0 Å². The van der Waals surface area contributed by atoms with Gasteiger partial charge in [-0.2, -0.15) is 0 Å². The fourth-order valence-corrected chi connectivity index (χ4v) is 2.67. The van der Waals surface area contributed by atoms with Crippen LogP contribution in [0.25, 0.3) is 0 Å². The third kappa shape index (κ3) is 2.64. The highest BCUT2D eigenvalue weighted by molar-refractivity contribution is 5.77. The molecule has 2 heteroatoms. The largest absolute Gasteiger partial charge is 0.453 e. The van der Waals surface area contributed by atoms with Gasteiger partial charge in [-0.25, -0.2) is 0 Å². The number of para-hydroxylation sites is 3. The lowest BCUT2D eigenvalue weighted by Crippen LogP contribution is -2.05. The average molecular weight is 267 g/mol. The molecule has 0 unspecified atom stereocenters. The highest BCUT2D eigenvalue weighted by Crippen LogP contribution is 2.43. The summed E-state index contributed by atoms with van der Waals surface area (Å²) in [5.74, 6) is 1.85. The van der Waals surface area contributed by atoms with Crippen molar-refractivity contribution in [2.45, 2.75) is 39.0 Å². The third-order valence-corrected chi connectivity index (χ3v) is 3.78. The number of anilines is 2. The van der Waals surface area contributed by atoms with Gasteiger partial charge in [0.1, 0.15) is 0 Å². The molecule has 1 aliphatic heterocycles. The second-order valence-corrected chi connectivity index (χ2v) is 5.32. The van der Waals surface area contributed by atoms with Crippen LogP contribution in [0.2, 0.25) is 0 Å². The van der Waals surface area contributed by atoms with Gasteiger partial charge in [0.15, 0.2) is 11.5 Å². The number of rotatable bonds is 5. The van der Waals surface area contributed by atoms with Crippen molar-refractivity contribution in [1.82, 2.24) is 0 Å². The van der Waals surface area contributed by atoms with Gasteiger partial charge in [-0.05, 0) is 36.6 Å². The van der Waals surface area contributed by atoms with Crippen molar-refractivity contribution in [3.63, 3.8) is 0 Å². The van der Waals surface area contributed by atoms with Crippen molar-refractivity contribution in [3.8, 4) is 11.5 Å². The Labute approximate surface area is 120 Å². The molecule has 20 heavy (non-hydrogen) atoms. The summed E-state index contributed by atoms with van der Waals surface area (Å²) < 4.78 is 5.98. The number of aryl methyl sites for hydroxylation is 1. The fourth-order valence-electron chi connectivity index (χ4n) is 2.67. The molecule has 1 aliphatic rings. The lowest BCUT2D eigenvalue weighted by molar-refractivity contribution is 0.480. The first-order chi connectivity index (χ1) is 9.88. The molecule has 1 heterocycles. The Kier molecular flexibility index (Phi) is 3.91. The van der Waals surface area contributed by atoms with Crippen LogP contribution in [0.15, 0.2) is 42.5 Å². The van der Waals surface area contributed by atoms with E-state index in [-0.39, 0.29) is 0 Å². The van der Waals surface area contributed by atoms with Gasteiger partial charge in [-0.1, -0.05) is 50.5 Å². The van der Waals surface area contributed by atoms with Crippen molar-refractivity contribution in [2.75, 3.05) is 5.32 Å². The Morgan fingerprint density at radius 1 is 0.900 bits per heavy atom. The number of benzene rings is 2. The van der Waals surface area contributed by atoms with Gasteiger partial charge in [-0.15, -0.1) is 0 Å². The highest BCUT2D eigenvalue weighted by atomic mass is 16.5. The molecule has 2 aromatic rings. The molecule has 0 radical (unpaired) electrons. The van der Waals surface area contributed by atoms with E-state index in [4.69, 9.17) is 4.74 Å². The molecule has 2 nitrogen and oxygen atoms in total. The summed E-state index contributed by atoms with van der Waals surface area (Å²) >= 11 is 0. The number of ether oxygens (including phenoxy) is 1. The van der Waals surface area contributed by atoms with Crippen LogP contribution < -0.4 is 10.1 Å². The molecule has 2 aromatic carbocycles. The van der Waals surface area contributed by atoms with E-state index in [1.165, 1.54) is 31.2 Å². The SMILES string of the molecule is CCCCCCc1cccc2c1Nc1ccccc1O2. The number of hydrogen-bond acceptors (Lipinski definition) is 2. The monoisotopic (exact) mass is 267 g/mol. The van der Waals surface area contributed by atoms with Gasteiger partial charge >= 0.3 is 0 Å². The lowest BCUT2D eigenvalue weighted by atomic mass is 10.0. The second-order valence-electron chi connectivity index (χ2n) is 5.32. The van der Waals surface area contributed by atoms with Crippen LogP contribution in [0.1, 0.15) is 38.2 Å². The van der Waals surface area contributed by atoms with Crippen LogP contribution in [0.3, 0.4) is 0 Å². The minimum Gasteiger partial charge on any atom is -0.453 e. The minimum absolute atomic E-state index is 0.906. The summed E-state index contributed by atoms with van der Waals surface area (Å²) in [5.41, 5.74) is 3.55. The summed E-state index contributed by atoms with van der Waals surface area (Å²) in [6.07, 6.45) is 6.26. The smallest absolute Gasteiger partial charge is 0.151 e. The van der Waals surface area contributed by atoms with Crippen LogP contribution in [0.4, 0.5) is 11.4 Å². The molecule has 0 spiro atoms. The number of nitrogens with one attached hydrogen (secondary N) is 1. The molecule has 104 valence electrons. The van der Waals surface area contributed by atoms with E-state index in [0.29, 0.717) is 0 Å². The first kappa shape index (κ1) is 13.0. The number of hydrogen-bond donors (Lipinski definition) is 1. The van der Waals surface area contributed by atoms with Gasteiger partial charge in [0.2, 0.25) is 0 Å². The zero-order valence-electron chi connectivity index (χ0n) is 12.0. The van der Waals surface area contributed by atoms with Gasteiger partial charge in [0.05, 0.1) is 11.4 Å². The Balaban J connectivity index is 1.79. The zero-order valence-corrected chi connectivity index (χ0v) is 12.0. The summed E-state index contributed by atoms with van der Waals surface area (Å²) in [6.45, 7) is 2.25. The minimum atomic E-state index is 0.906. The molecular formula is C18H21NO. The van der Waals surface area contributed by atoms with E-state index in [1.54, 1.807) is 0 Å². The van der Waals surface area contributed by atoms with E-state index in [2.05, 4.69) is 30.4 Å². The van der Waals surface area contributed by atoms with Crippen molar-refractivity contribution >= 4 is 11.4 Å². The molecule has 0 amide bonds. The average Bonchev–Trinajstić information content (AvgIpc) is 2.50. The second kappa shape index (κ2) is 6.00. The zero-order chi connectivity index (χ0) is 13.8. The summed E-state index contributed by atoms with van der Waals surface area (Å²) in [4.78, 5) is 0. The van der Waals surface area contributed by atoms with Crippen LogP contribution in [0, 0.1) is 0 Å². The maximum absolute atomic E-state index is 5.98. The normalized spacial score (nSPS) is 12.1. The van der Waals surface area contributed by atoms with E-state index in [0.717, 1.165) is 29.3 Å². The standard InChI is InChI=1S/C18H21NO/c1-2-3-4-5-9-14-10-8-13-17-18(14)19-15-11-6-7-12-16(15)20-17/h6-8,10-13,19H,2-5,9H2,1H3. The number of fused-ring (bicyclic) bond motifs is 2. The Bertz CT molecular complexity index is 592. The van der Waals surface area contributed by atoms with Crippen molar-refractivity contribution in [3.05, 3.63) is 48.0 Å². The molecule has 0 saturated heterocycles. The molecule has 0 atom stereocenters. The first-order valence-electron chi connectivity index (χ1n) is 7.54. The van der Waals surface area contributed by atoms with Crippen LogP contribution in [-0.4, -0.2) is 0 Å². The summed E-state index contributed by atoms with van der Waals surface area (Å²) in [7, 11) is 0. The quantitative estimate of drug-likeness (QED) is 0.602. The lowest BCUT2D eigenvalue weighted by Gasteiger charge is -2.24. The van der Waals surface area contributed by atoms with Crippen molar-refractivity contribution in [1.29, 1.82) is 0 Å². The maximum Gasteiger partial charge on any atom is 0.151 e. The van der Waals surface area contributed by atoms with Crippen LogP contribution >= 0.6 is 0 Å². The van der Waals surface area contributed by atoms with Crippen molar-refractivity contribution < 1.29 is 4.74 Å².